The molecule has 2 aromatic rings. The molecule has 3 rings (SSSR count). The molecule has 194 valence electrons. The summed E-state index contributed by atoms with van der Waals surface area (Å²) in [5, 5.41) is 62.5. The van der Waals surface area contributed by atoms with E-state index in [0.29, 0.717) is 16.1 Å². The number of aromatic nitrogens is 1. The second-order valence-corrected chi connectivity index (χ2v) is 8.54. The van der Waals surface area contributed by atoms with Gasteiger partial charge in [-0.05, 0) is 42.8 Å². The number of carboxylic acid groups (broad SMARTS) is 2. The molecule has 13 heteroatoms. The zero-order valence-electron chi connectivity index (χ0n) is 18.9. The van der Waals surface area contributed by atoms with Gasteiger partial charge in [-0.1, -0.05) is 23.7 Å². The zero-order chi connectivity index (χ0) is 26.7. The normalized spacial score (nSPS) is 25.2. The van der Waals surface area contributed by atoms with Crippen molar-refractivity contribution in [2.24, 2.45) is 0 Å². The predicted molar refractivity (Wildman–Crippen MR) is 124 cm³/mol. The molecule has 0 radical (unpaired) electrons. The lowest BCUT2D eigenvalue weighted by atomic mass is 9.87. The fourth-order valence-corrected chi connectivity index (χ4v) is 3.69. The van der Waals surface area contributed by atoms with Crippen LogP contribution in [0.1, 0.15) is 18.8 Å². The minimum Gasteiger partial charge on any atom is -0.480 e. The molecule has 1 aromatic heterocycles. The number of hydrogen-bond donors (Lipinski definition) is 7. The molecule has 0 amide bonds. The van der Waals surface area contributed by atoms with Crippen molar-refractivity contribution in [3.05, 3.63) is 59.4 Å². The number of benzene rings is 1. The van der Waals surface area contributed by atoms with Gasteiger partial charge in [0.2, 0.25) is 0 Å². The molecular formula is C23H25ClN2O10. The lowest BCUT2D eigenvalue weighted by molar-refractivity contribution is -0.256. The number of pyridine rings is 1. The van der Waals surface area contributed by atoms with E-state index in [0.717, 1.165) is 19.1 Å². The molecule has 5 unspecified atom stereocenters. The van der Waals surface area contributed by atoms with E-state index >= 15 is 0 Å². The van der Waals surface area contributed by atoms with Crippen LogP contribution in [0.3, 0.4) is 0 Å². The van der Waals surface area contributed by atoms with E-state index in [1.165, 1.54) is 12.3 Å². The number of carboxylic acids is 2. The van der Waals surface area contributed by atoms with E-state index in [-0.39, 0.29) is 11.4 Å². The maximum Gasteiger partial charge on any atom is 0.336 e. The SMILES string of the molecule is CC(O)C1(O)C=CC(CO)(Oc2cc(-c3cccc(Cl)c3)cnc2C(O)NCC(=O)O)OC1C(=O)O. The summed E-state index contributed by atoms with van der Waals surface area (Å²) in [6.45, 7) is -0.400. The molecule has 12 nitrogen and oxygen atoms in total. The van der Waals surface area contributed by atoms with Gasteiger partial charge in [0.15, 0.2) is 12.3 Å². The molecule has 0 bridgehead atoms. The molecule has 1 aliphatic rings. The predicted octanol–water partition coefficient (Wildman–Crippen LogP) is 0.286. The van der Waals surface area contributed by atoms with Gasteiger partial charge >= 0.3 is 11.9 Å². The zero-order valence-corrected chi connectivity index (χ0v) is 19.7. The number of nitrogens with one attached hydrogen (secondary N) is 1. The van der Waals surface area contributed by atoms with Crippen molar-refractivity contribution in [2.75, 3.05) is 13.2 Å². The molecule has 1 aliphatic heterocycles. The maximum atomic E-state index is 11.8. The highest BCUT2D eigenvalue weighted by molar-refractivity contribution is 6.30. The molecule has 0 saturated heterocycles. The van der Waals surface area contributed by atoms with Crippen molar-refractivity contribution in [3.63, 3.8) is 0 Å². The van der Waals surface area contributed by atoms with Gasteiger partial charge in [-0.25, -0.2) is 4.79 Å². The summed E-state index contributed by atoms with van der Waals surface area (Å²) in [7, 11) is 0. The highest BCUT2D eigenvalue weighted by Gasteiger charge is 2.53. The van der Waals surface area contributed by atoms with Crippen LogP contribution in [-0.4, -0.2) is 84.3 Å². The Morgan fingerprint density at radius 1 is 1.22 bits per heavy atom. The summed E-state index contributed by atoms with van der Waals surface area (Å²) in [6.07, 6.45) is -1.89. The number of hydrogen-bond acceptors (Lipinski definition) is 10. The lowest BCUT2D eigenvalue weighted by Crippen LogP contribution is -2.62. The smallest absolute Gasteiger partial charge is 0.336 e. The summed E-state index contributed by atoms with van der Waals surface area (Å²) < 4.78 is 11.3. The minimum atomic E-state index is -2.33. The Balaban J connectivity index is 2.08. The standard InChI is InChI=1S/C23H25ClN2O10/c1-12(28)23(34)6-5-22(11-27,36-19(23)21(32)33)35-16-8-14(13-3-2-4-15(24)7-13)9-25-18(16)20(31)26-10-17(29)30/h2-9,12,19-20,26-28,31,34H,10-11H2,1H3,(H,29,30)(H,32,33). The number of aliphatic carboxylic acids is 2. The Kier molecular flexibility index (Phi) is 8.31. The van der Waals surface area contributed by atoms with Gasteiger partial charge in [-0.3, -0.25) is 15.1 Å². The lowest BCUT2D eigenvalue weighted by Gasteiger charge is -2.43. The van der Waals surface area contributed by atoms with E-state index in [2.05, 4.69) is 10.3 Å². The largest absolute Gasteiger partial charge is 0.480 e. The van der Waals surface area contributed by atoms with Crippen molar-refractivity contribution in [2.45, 2.75) is 36.7 Å². The van der Waals surface area contributed by atoms with Gasteiger partial charge in [0.1, 0.15) is 23.7 Å². The molecule has 0 saturated carbocycles. The first-order valence-corrected chi connectivity index (χ1v) is 11.0. The molecule has 36 heavy (non-hydrogen) atoms. The number of aliphatic hydroxyl groups excluding tert-OH is 3. The van der Waals surface area contributed by atoms with Gasteiger partial charge in [-0.2, -0.15) is 0 Å². The Bertz CT molecular complexity index is 1160. The number of aliphatic hydroxyl groups is 4. The molecule has 0 fully saturated rings. The second kappa shape index (κ2) is 10.9. The van der Waals surface area contributed by atoms with Crippen LogP contribution < -0.4 is 10.1 Å². The number of ether oxygens (including phenoxy) is 2. The van der Waals surface area contributed by atoms with E-state index in [1.807, 2.05) is 0 Å². The van der Waals surface area contributed by atoms with Crippen LogP contribution in [0.15, 0.2) is 48.7 Å². The summed E-state index contributed by atoms with van der Waals surface area (Å²) in [4.78, 5) is 26.9. The van der Waals surface area contributed by atoms with Crippen LogP contribution in [0.2, 0.25) is 5.02 Å². The van der Waals surface area contributed by atoms with Crippen molar-refractivity contribution in [1.82, 2.24) is 10.3 Å². The second-order valence-electron chi connectivity index (χ2n) is 8.10. The highest BCUT2D eigenvalue weighted by atomic mass is 35.5. The van der Waals surface area contributed by atoms with Crippen LogP contribution in [-0.2, 0) is 14.3 Å². The third kappa shape index (κ3) is 5.82. The molecule has 2 heterocycles. The van der Waals surface area contributed by atoms with Crippen molar-refractivity contribution < 1.29 is 49.7 Å². The monoisotopic (exact) mass is 524 g/mol. The van der Waals surface area contributed by atoms with Gasteiger partial charge in [0.25, 0.3) is 5.79 Å². The van der Waals surface area contributed by atoms with Crippen LogP contribution in [0.4, 0.5) is 0 Å². The minimum absolute atomic E-state index is 0.199. The summed E-state index contributed by atoms with van der Waals surface area (Å²) in [5.74, 6) is -5.28. The summed E-state index contributed by atoms with van der Waals surface area (Å²) in [6, 6.07) is 8.09. The van der Waals surface area contributed by atoms with Crippen molar-refractivity contribution >= 4 is 23.5 Å². The van der Waals surface area contributed by atoms with E-state index < -0.39 is 54.9 Å². The van der Waals surface area contributed by atoms with E-state index in [1.54, 1.807) is 24.3 Å². The molecular weight excluding hydrogens is 500 g/mol. The fourth-order valence-electron chi connectivity index (χ4n) is 3.50. The van der Waals surface area contributed by atoms with Crippen molar-refractivity contribution in [3.8, 4) is 16.9 Å². The number of carbonyl (C=O) groups is 2. The average Bonchev–Trinajstić information content (AvgIpc) is 2.83. The van der Waals surface area contributed by atoms with Gasteiger partial charge < -0.3 is 40.1 Å². The first-order chi connectivity index (χ1) is 16.9. The Morgan fingerprint density at radius 2 is 1.94 bits per heavy atom. The van der Waals surface area contributed by atoms with Gasteiger partial charge in [0.05, 0.1) is 12.6 Å². The Labute approximate surface area is 210 Å². The summed E-state index contributed by atoms with van der Waals surface area (Å²) >= 11 is 6.07. The quantitative estimate of drug-likeness (QED) is 0.166. The molecule has 0 aliphatic carbocycles. The van der Waals surface area contributed by atoms with E-state index in [4.69, 9.17) is 26.2 Å². The van der Waals surface area contributed by atoms with Crippen LogP contribution >= 0.6 is 11.6 Å². The molecule has 7 N–H and O–H groups in total. The summed E-state index contributed by atoms with van der Waals surface area (Å²) in [5.41, 5.74) is -1.48. The topological polar surface area (TPSA) is 199 Å². The third-order valence-electron chi connectivity index (χ3n) is 5.48. The maximum absolute atomic E-state index is 11.8. The van der Waals surface area contributed by atoms with Gasteiger partial charge in [-0.15, -0.1) is 0 Å². The molecule has 5 atom stereocenters. The first kappa shape index (κ1) is 27.5. The van der Waals surface area contributed by atoms with E-state index in [9.17, 15) is 35.1 Å². The Hall–Kier alpha value is -3.10. The van der Waals surface area contributed by atoms with Crippen molar-refractivity contribution in [1.29, 1.82) is 0 Å². The molecule has 1 aromatic carbocycles. The van der Waals surface area contributed by atoms with Crippen LogP contribution in [0.25, 0.3) is 11.1 Å². The van der Waals surface area contributed by atoms with Crippen LogP contribution in [0, 0.1) is 0 Å². The highest BCUT2D eigenvalue weighted by Crippen LogP contribution is 2.37. The third-order valence-corrected chi connectivity index (χ3v) is 5.72. The average molecular weight is 525 g/mol. The van der Waals surface area contributed by atoms with Gasteiger partial charge in [0, 0.05) is 16.8 Å². The number of nitrogens with zero attached hydrogens (tertiary/aromatic N) is 1. The number of rotatable bonds is 10. The fraction of sp³-hybridized carbons (Fsp3) is 0.348. The van der Waals surface area contributed by atoms with Crippen LogP contribution in [0.5, 0.6) is 5.75 Å². The first-order valence-electron chi connectivity index (χ1n) is 10.6. The molecule has 0 spiro atoms. The Morgan fingerprint density at radius 3 is 2.53 bits per heavy atom. The number of halogens is 1.